The van der Waals surface area contributed by atoms with E-state index in [1.807, 2.05) is 35.2 Å². The molecule has 0 bridgehead atoms. The quantitative estimate of drug-likeness (QED) is 0.135. The Morgan fingerprint density at radius 1 is 0.800 bits per heavy atom. The van der Waals surface area contributed by atoms with Gasteiger partial charge in [-0.2, -0.15) is 0 Å². The van der Waals surface area contributed by atoms with Gasteiger partial charge in [0.25, 0.3) is 11.8 Å². The molecule has 3 atom stereocenters. The van der Waals surface area contributed by atoms with Gasteiger partial charge < -0.3 is 15.2 Å². The summed E-state index contributed by atoms with van der Waals surface area (Å²) in [5, 5.41) is 1.12. The van der Waals surface area contributed by atoms with E-state index in [0.717, 1.165) is 136 Å². The number of imide groups is 1. The van der Waals surface area contributed by atoms with E-state index in [9.17, 15) is 19.2 Å². The van der Waals surface area contributed by atoms with Crippen LogP contribution in [0.25, 0.3) is 33.2 Å². The van der Waals surface area contributed by atoms with Crippen molar-refractivity contribution >= 4 is 45.6 Å². The summed E-state index contributed by atoms with van der Waals surface area (Å²) >= 11 is 0. The van der Waals surface area contributed by atoms with Gasteiger partial charge in [0, 0.05) is 119 Å². The fourth-order valence-corrected chi connectivity index (χ4v) is 12.2. The number of carbonyl (C=O) groups excluding carboxylic acids is 3. The number of carbonyl (C=O) groups is 3. The lowest BCUT2D eigenvalue weighted by atomic mass is 9.88. The summed E-state index contributed by atoms with van der Waals surface area (Å²) in [4.78, 5) is 73.1. The Bertz CT molecular complexity index is 2990. The molecule has 15 nitrogen and oxygen atoms in total. The smallest absolute Gasteiger partial charge is 0.330 e. The summed E-state index contributed by atoms with van der Waals surface area (Å²) in [6, 6.07) is 23.1. The maximum atomic E-state index is 13.9. The maximum absolute atomic E-state index is 13.9. The number of nitrogen functional groups attached to an aromatic ring is 1. The van der Waals surface area contributed by atoms with E-state index in [0.29, 0.717) is 30.1 Å². The first-order chi connectivity index (χ1) is 33.9. The van der Waals surface area contributed by atoms with E-state index < -0.39 is 6.04 Å². The second-order valence-electron chi connectivity index (χ2n) is 21.0. The molecule has 2 aromatic carbocycles. The standard InChI is InChI=1S/C55H67N11O4/c1-35-32-61(33-38-5-13-46-49(29-38)65(43-11-12-43)55(70)66(46)47-14-16-51(67)60(4)54(47)69)27-28-64(35)34-37-18-23-63(24-19-37)53(68)41-8-6-39(7-9-41)40-20-25-62(26-21-40)36(2)48-30-45-44(17-22-57-52(45)59(48)3)42-10-15-50(56)58-31-42/h5-10,13,15,17,22,29-31,35-37,40,43,47H,11-12,14,16,18-21,23-28,32-34H2,1-4H3,(H2,56,58)/t35-,36-,47?/m0/s1. The summed E-state index contributed by atoms with van der Waals surface area (Å²) in [5.41, 5.74) is 15.0. The SMILES string of the molecule is C[C@H]1CN(Cc2ccc3c(c2)n(C2CC2)c(=O)n3C2CCC(=O)N(C)C2=O)CCN1CC1CCN(C(=O)c2ccc(C3CCN([C@@H](C)c4cc5c(-c6ccc(N)nc6)ccnc5n4C)CC3)cc2)CC1. The van der Waals surface area contributed by atoms with E-state index in [-0.39, 0.29) is 41.9 Å². The highest BCUT2D eigenvalue weighted by Gasteiger charge is 2.38. The average molecular weight is 946 g/mol. The van der Waals surface area contributed by atoms with Crippen molar-refractivity contribution in [3.63, 3.8) is 0 Å². The highest BCUT2D eigenvalue weighted by atomic mass is 16.2. The number of hydrogen-bond donors (Lipinski definition) is 1. The van der Waals surface area contributed by atoms with Crippen molar-refractivity contribution in [1.82, 2.24) is 48.2 Å². The van der Waals surface area contributed by atoms with Gasteiger partial charge in [-0.1, -0.05) is 18.2 Å². The minimum absolute atomic E-state index is 0.142. The third kappa shape index (κ3) is 8.74. The van der Waals surface area contributed by atoms with Crippen molar-refractivity contribution in [3.8, 4) is 11.1 Å². The van der Waals surface area contributed by atoms with Crippen LogP contribution in [0.5, 0.6) is 0 Å². The molecule has 1 unspecified atom stereocenters. The maximum Gasteiger partial charge on any atom is 0.330 e. The number of rotatable bonds is 11. The molecular formula is C55H67N11O4. The summed E-state index contributed by atoms with van der Waals surface area (Å²) in [7, 11) is 3.63. The molecule has 1 saturated carbocycles. The van der Waals surface area contributed by atoms with E-state index in [1.54, 1.807) is 4.57 Å². The lowest BCUT2D eigenvalue weighted by Crippen LogP contribution is -2.53. The average Bonchev–Trinajstić information content (AvgIpc) is 4.10. The van der Waals surface area contributed by atoms with Crippen LogP contribution in [0.15, 0.2) is 83.9 Å². The van der Waals surface area contributed by atoms with Gasteiger partial charge in [-0.25, -0.2) is 14.8 Å². The van der Waals surface area contributed by atoms with Crippen molar-refractivity contribution in [1.29, 1.82) is 0 Å². The van der Waals surface area contributed by atoms with Gasteiger partial charge in [0.2, 0.25) is 5.91 Å². The molecule has 3 amide bonds. The van der Waals surface area contributed by atoms with Crippen LogP contribution in [-0.2, 0) is 23.2 Å². The van der Waals surface area contributed by atoms with Gasteiger partial charge in [-0.3, -0.25) is 43.1 Å². The Hall–Kier alpha value is -6.16. The molecule has 5 aliphatic rings. The van der Waals surface area contributed by atoms with Crippen LogP contribution < -0.4 is 11.4 Å². The van der Waals surface area contributed by atoms with Crippen LogP contribution in [0.1, 0.15) is 116 Å². The molecule has 366 valence electrons. The minimum atomic E-state index is -0.656. The van der Waals surface area contributed by atoms with Crippen LogP contribution in [0.3, 0.4) is 0 Å². The summed E-state index contributed by atoms with van der Waals surface area (Å²) in [6.45, 7) is 13.0. The number of fused-ring (bicyclic) bond motifs is 2. The van der Waals surface area contributed by atoms with Crippen LogP contribution >= 0.6 is 0 Å². The first-order valence-electron chi connectivity index (χ1n) is 25.7. The van der Waals surface area contributed by atoms with Crippen molar-refractivity contribution in [3.05, 3.63) is 112 Å². The fourth-order valence-electron chi connectivity index (χ4n) is 12.2. The predicted octanol–water partition coefficient (Wildman–Crippen LogP) is 6.99. The van der Waals surface area contributed by atoms with E-state index in [2.05, 4.69) is 98.6 Å². The van der Waals surface area contributed by atoms with Gasteiger partial charge >= 0.3 is 5.69 Å². The Morgan fingerprint density at radius 3 is 2.29 bits per heavy atom. The third-order valence-electron chi connectivity index (χ3n) is 16.7. The third-order valence-corrected chi connectivity index (χ3v) is 16.7. The molecule has 1 aliphatic carbocycles. The van der Waals surface area contributed by atoms with Crippen LogP contribution in [-0.4, -0.2) is 131 Å². The molecule has 11 rings (SSSR count). The number of aryl methyl sites for hydroxylation is 1. The largest absolute Gasteiger partial charge is 0.384 e. The number of amides is 3. The van der Waals surface area contributed by atoms with Gasteiger partial charge in [-0.05, 0) is 149 Å². The molecule has 6 aromatic rings. The Labute approximate surface area is 409 Å². The first kappa shape index (κ1) is 46.2. The molecule has 2 N–H and O–H groups in total. The van der Waals surface area contributed by atoms with Gasteiger partial charge in [0.05, 0.1) is 11.0 Å². The number of piperazine rings is 1. The lowest BCUT2D eigenvalue weighted by Gasteiger charge is -2.42. The number of nitrogens with two attached hydrogens (primary N) is 1. The number of likely N-dealkylation sites (tertiary alicyclic amines) is 3. The number of pyridine rings is 2. The normalized spacial score (nSPS) is 22.2. The number of benzene rings is 2. The topological polar surface area (TPSA) is 151 Å². The van der Waals surface area contributed by atoms with Gasteiger partial charge in [0.1, 0.15) is 17.5 Å². The monoisotopic (exact) mass is 946 g/mol. The zero-order valence-corrected chi connectivity index (χ0v) is 41.2. The lowest BCUT2D eigenvalue weighted by molar-refractivity contribution is -0.149. The Balaban J connectivity index is 0.646. The van der Waals surface area contributed by atoms with Crippen LogP contribution in [0.4, 0.5) is 5.82 Å². The summed E-state index contributed by atoms with van der Waals surface area (Å²) < 4.78 is 5.78. The molecule has 0 radical (unpaired) electrons. The number of imidazole rings is 1. The number of likely N-dealkylation sites (N-methyl/N-ethyl adjacent to an activating group) is 1. The van der Waals surface area contributed by atoms with Crippen molar-refractivity contribution in [2.45, 2.75) is 102 Å². The number of hydrogen-bond acceptors (Lipinski definition) is 10. The van der Waals surface area contributed by atoms with E-state index in [1.165, 1.54) is 28.8 Å². The number of piperidine rings is 3. The number of aromatic nitrogens is 5. The van der Waals surface area contributed by atoms with E-state index in [4.69, 9.17) is 10.7 Å². The van der Waals surface area contributed by atoms with Crippen molar-refractivity contribution < 1.29 is 14.4 Å². The molecule has 4 saturated heterocycles. The molecule has 4 aromatic heterocycles. The molecule has 4 aliphatic heterocycles. The number of nitrogens with zero attached hydrogens (tertiary/aromatic N) is 10. The zero-order chi connectivity index (χ0) is 48.4. The summed E-state index contributed by atoms with van der Waals surface area (Å²) in [6.07, 6.45) is 10.4. The van der Waals surface area contributed by atoms with Crippen LogP contribution in [0.2, 0.25) is 0 Å². The zero-order valence-electron chi connectivity index (χ0n) is 41.2. The second-order valence-corrected chi connectivity index (χ2v) is 21.0. The molecular weight excluding hydrogens is 879 g/mol. The minimum Gasteiger partial charge on any atom is -0.384 e. The number of anilines is 1. The molecule has 8 heterocycles. The molecule has 70 heavy (non-hydrogen) atoms. The van der Waals surface area contributed by atoms with Crippen LogP contribution in [0, 0.1) is 5.92 Å². The fraction of sp³-hybridized carbons (Fsp3) is 0.491. The first-order valence-corrected chi connectivity index (χ1v) is 25.7. The van der Waals surface area contributed by atoms with Crippen molar-refractivity contribution in [2.24, 2.45) is 13.0 Å². The molecule has 0 spiro atoms. The molecule has 15 heteroatoms. The molecule has 5 fully saturated rings. The second kappa shape index (κ2) is 18.9. The highest BCUT2D eigenvalue weighted by Crippen LogP contribution is 2.39. The highest BCUT2D eigenvalue weighted by molar-refractivity contribution is 6.00. The van der Waals surface area contributed by atoms with Crippen molar-refractivity contribution in [2.75, 3.05) is 65.1 Å². The Kier molecular flexibility index (Phi) is 12.5. The Morgan fingerprint density at radius 2 is 1.57 bits per heavy atom. The van der Waals surface area contributed by atoms with E-state index >= 15 is 0 Å². The predicted molar refractivity (Wildman–Crippen MR) is 272 cm³/mol. The van der Waals surface area contributed by atoms with Gasteiger partial charge in [-0.15, -0.1) is 0 Å². The summed E-state index contributed by atoms with van der Waals surface area (Å²) in [5.74, 6) is 1.20. The van der Waals surface area contributed by atoms with Gasteiger partial charge in [0.15, 0.2) is 0 Å².